The zero-order chi connectivity index (χ0) is 9.81. The van der Waals surface area contributed by atoms with Crippen molar-refractivity contribution in [2.24, 2.45) is 40.9 Å². The normalized spacial score (nSPS) is 77.6. The Bertz CT molecular complexity index is 439. The van der Waals surface area contributed by atoms with Crippen LogP contribution in [0.3, 0.4) is 0 Å². The highest BCUT2D eigenvalue weighted by Gasteiger charge is 2.84. The SMILES string of the molecule is C1C2CC3(CC3)C2[C@@H]2C1C1C2C2C3CC3N21. The van der Waals surface area contributed by atoms with Crippen LogP contribution in [0.1, 0.15) is 32.1 Å². The van der Waals surface area contributed by atoms with Gasteiger partial charge >= 0.3 is 0 Å². The molecular formula is C15H19N. The molecule has 1 nitrogen and oxygen atoms in total. The zero-order valence-electron chi connectivity index (χ0n) is 9.68. The van der Waals surface area contributed by atoms with Gasteiger partial charge in [0, 0.05) is 18.1 Å². The summed E-state index contributed by atoms with van der Waals surface area (Å²) in [5, 5.41) is 0. The zero-order valence-corrected chi connectivity index (χ0v) is 9.68. The van der Waals surface area contributed by atoms with E-state index in [0.29, 0.717) is 0 Å². The first-order valence-corrected chi connectivity index (χ1v) is 7.67. The molecule has 8 unspecified atom stereocenters. The van der Waals surface area contributed by atoms with Gasteiger partial charge in [-0.1, -0.05) is 0 Å². The summed E-state index contributed by atoms with van der Waals surface area (Å²) in [7, 11) is 0. The summed E-state index contributed by atoms with van der Waals surface area (Å²) in [6.07, 6.45) is 8.14. The third-order valence-electron chi connectivity index (χ3n) is 8.25. The second-order valence-electron chi connectivity index (χ2n) is 8.30. The predicted molar refractivity (Wildman–Crippen MR) is 59.7 cm³/mol. The van der Waals surface area contributed by atoms with E-state index in [9.17, 15) is 0 Å². The van der Waals surface area contributed by atoms with Gasteiger partial charge in [0.05, 0.1) is 0 Å². The van der Waals surface area contributed by atoms with E-state index in [2.05, 4.69) is 4.90 Å². The summed E-state index contributed by atoms with van der Waals surface area (Å²) >= 11 is 0. The van der Waals surface area contributed by atoms with E-state index in [1.807, 2.05) is 0 Å². The molecular weight excluding hydrogens is 194 g/mol. The lowest BCUT2D eigenvalue weighted by atomic mass is 9.45. The maximum Gasteiger partial charge on any atom is 0.0191 e. The van der Waals surface area contributed by atoms with Crippen molar-refractivity contribution in [2.75, 3.05) is 0 Å². The Hall–Kier alpha value is -0.0400. The first-order valence-electron chi connectivity index (χ1n) is 7.67. The standard InChI is InChI=1S/C15H19N/c1-2-15(1)5-6-3-8-10(12(6)15)11-13-7-4-9(7)16(13)14(8)11/h6-14H,1-5H2/t6?,7?,8?,9?,10-,11?,12?,13?,14?/m1/s1. The molecule has 0 aromatic heterocycles. The highest BCUT2D eigenvalue weighted by molar-refractivity contribution is 5.35. The fraction of sp³-hybridized carbons (Fsp3) is 1.00. The average molecular weight is 213 g/mol. The number of nitrogens with zero attached hydrogens (tertiary/aromatic N) is 1. The lowest BCUT2D eigenvalue weighted by Gasteiger charge is -2.74. The molecule has 7 fully saturated rings. The van der Waals surface area contributed by atoms with Crippen molar-refractivity contribution in [3.05, 3.63) is 0 Å². The predicted octanol–water partition coefficient (Wildman–Crippen LogP) is 2.12. The Kier molecular flexibility index (Phi) is 0.804. The summed E-state index contributed by atoms with van der Waals surface area (Å²) in [4.78, 5) is 2.96. The number of fused-ring (bicyclic) bond motifs is 13. The van der Waals surface area contributed by atoms with Crippen molar-refractivity contribution >= 4 is 0 Å². The minimum absolute atomic E-state index is 0.960. The maximum atomic E-state index is 2.96. The minimum Gasteiger partial charge on any atom is -0.293 e. The van der Waals surface area contributed by atoms with E-state index in [0.717, 1.165) is 23.5 Å². The summed E-state index contributed by atoms with van der Waals surface area (Å²) in [5.74, 6) is 7.32. The van der Waals surface area contributed by atoms with Gasteiger partial charge in [0.15, 0.2) is 0 Å². The third-order valence-corrected chi connectivity index (χ3v) is 8.25. The highest BCUT2D eigenvalue weighted by atomic mass is 15.4. The number of hydrogen-bond acceptors (Lipinski definition) is 1. The molecule has 1 spiro atoms. The van der Waals surface area contributed by atoms with Crippen LogP contribution in [0.25, 0.3) is 0 Å². The van der Waals surface area contributed by atoms with E-state index in [1.165, 1.54) is 35.5 Å². The Labute approximate surface area is 96.6 Å². The molecule has 2 saturated heterocycles. The van der Waals surface area contributed by atoms with Gasteiger partial charge in [-0.15, -0.1) is 0 Å². The molecule has 0 N–H and O–H groups in total. The summed E-state index contributed by atoms with van der Waals surface area (Å²) in [6, 6.07) is 3.37. The molecule has 84 valence electrons. The van der Waals surface area contributed by atoms with Crippen molar-refractivity contribution in [3.63, 3.8) is 0 Å². The summed E-state index contributed by atoms with van der Waals surface area (Å²) in [5.41, 5.74) is 0.960. The first kappa shape index (κ1) is 7.41. The molecule has 16 heavy (non-hydrogen) atoms. The van der Waals surface area contributed by atoms with Gasteiger partial charge in [-0.2, -0.15) is 0 Å². The molecule has 2 heterocycles. The van der Waals surface area contributed by atoms with Crippen molar-refractivity contribution < 1.29 is 0 Å². The van der Waals surface area contributed by atoms with Gasteiger partial charge in [-0.3, -0.25) is 4.90 Å². The molecule has 0 aromatic carbocycles. The number of hydrogen-bond donors (Lipinski definition) is 0. The Morgan fingerprint density at radius 2 is 1.81 bits per heavy atom. The monoisotopic (exact) mass is 213 g/mol. The molecule has 5 saturated carbocycles. The molecule has 0 aromatic rings. The van der Waals surface area contributed by atoms with Gasteiger partial charge in [-0.05, 0) is 73.0 Å². The molecule has 7 rings (SSSR count). The van der Waals surface area contributed by atoms with E-state index in [1.54, 1.807) is 32.1 Å². The van der Waals surface area contributed by atoms with Crippen molar-refractivity contribution in [1.29, 1.82) is 0 Å². The fourth-order valence-corrected chi connectivity index (χ4v) is 7.71. The number of piperidine rings is 2. The second kappa shape index (κ2) is 1.74. The van der Waals surface area contributed by atoms with Crippen LogP contribution in [0.15, 0.2) is 0 Å². The van der Waals surface area contributed by atoms with Gasteiger partial charge in [-0.25, -0.2) is 0 Å². The van der Waals surface area contributed by atoms with Crippen LogP contribution in [0.2, 0.25) is 0 Å². The van der Waals surface area contributed by atoms with Crippen LogP contribution >= 0.6 is 0 Å². The molecule has 0 bridgehead atoms. The Balaban J connectivity index is 1.32. The lowest BCUT2D eigenvalue weighted by molar-refractivity contribution is -0.262. The van der Waals surface area contributed by atoms with Gasteiger partial charge < -0.3 is 0 Å². The molecule has 0 radical (unpaired) electrons. The van der Waals surface area contributed by atoms with E-state index in [4.69, 9.17) is 0 Å². The maximum absolute atomic E-state index is 2.96. The van der Waals surface area contributed by atoms with Crippen molar-refractivity contribution in [1.82, 2.24) is 4.90 Å². The highest BCUT2D eigenvalue weighted by Crippen LogP contribution is 2.83. The van der Waals surface area contributed by atoms with E-state index < -0.39 is 0 Å². The van der Waals surface area contributed by atoms with Gasteiger partial charge in [0.25, 0.3) is 0 Å². The minimum atomic E-state index is 0.960. The average Bonchev–Trinajstić information content (AvgIpc) is 3.09. The van der Waals surface area contributed by atoms with Crippen LogP contribution in [-0.4, -0.2) is 23.0 Å². The molecule has 1 heteroatoms. The van der Waals surface area contributed by atoms with Crippen LogP contribution in [0.4, 0.5) is 0 Å². The van der Waals surface area contributed by atoms with E-state index in [-0.39, 0.29) is 0 Å². The Morgan fingerprint density at radius 1 is 0.938 bits per heavy atom. The smallest absolute Gasteiger partial charge is 0.0191 e. The topological polar surface area (TPSA) is 3.24 Å². The second-order valence-corrected chi connectivity index (χ2v) is 8.30. The lowest BCUT2D eigenvalue weighted by Crippen LogP contribution is -2.82. The summed E-state index contributed by atoms with van der Waals surface area (Å²) < 4.78 is 0. The third kappa shape index (κ3) is 0.479. The Morgan fingerprint density at radius 3 is 2.69 bits per heavy atom. The van der Waals surface area contributed by atoms with Crippen LogP contribution in [-0.2, 0) is 0 Å². The van der Waals surface area contributed by atoms with Crippen molar-refractivity contribution in [2.45, 2.75) is 50.2 Å². The molecule has 2 aliphatic heterocycles. The molecule has 0 amide bonds. The van der Waals surface area contributed by atoms with E-state index >= 15 is 0 Å². The van der Waals surface area contributed by atoms with Gasteiger partial charge in [0.2, 0.25) is 0 Å². The van der Waals surface area contributed by atoms with Gasteiger partial charge in [0.1, 0.15) is 0 Å². The molecule has 7 aliphatic rings. The fourth-order valence-electron chi connectivity index (χ4n) is 7.71. The number of rotatable bonds is 0. The van der Waals surface area contributed by atoms with Crippen LogP contribution < -0.4 is 0 Å². The van der Waals surface area contributed by atoms with Crippen LogP contribution in [0, 0.1) is 40.9 Å². The first-order chi connectivity index (χ1) is 7.89. The summed E-state index contributed by atoms with van der Waals surface area (Å²) in [6.45, 7) is 0. The molecule has 5 aliphatic carbocycles. The van der Waals surface area contributed by atoms with Crippen LogP contribution in [0.5, 0.6) is 0 Å². The molecule has 9 atom stereocenters. The largest absolute Gasteiger partial charge is 0.293 e. The van der Waals surface area contributed by atoms with Crippen molar-refractivity contribution in [3.8, 4) is 0 Å². The quantitative estimate of drug-likeness (QED) is 0.596.